The first-order valence-electron chi connectivity index (χ1n) is 12.9. The third-order valence-electron chi connectivity index (χ3n) is 7.44. The van der Waals surface area contributed by atoms with E-state index in [0.717, 1.165) is 39.7 Å². The number of fused-ring (bicyclic) bond motifs is 3. The second-order valence-corrected chi connectivity index (χ2v) is 12.2. The summed E-state index contributed by atoms with van der Waals surface area (Å²) in [4.78, 5) is 31.2. The molecule has 0 saturated heterocycles. The quantitative estimate of drug-likeness (QED) is 0.237. The topological polar surface area (TPSA) is 84.8 Å². The number of aromatic carboxylic acids is 1. The SMILES string of the molecule is O=C(O)c1cc(-c2ccc(/C=c3\sc4n(c3=O)[C@@H](c3ccc(Br)cc3)C3=C(N=4)c4ccccc4CC3)o2)ccc1Cl. The van der Waals surface area contributed by atoms with Crippen molar-refractivity contribution < 1.29 is 14.3 Å². The van der Waals surface area contributed by atoms with Crippen LogP contribution in [0.15, 0.2) is 103 Å². The molecule has 2 aromatic heterocycles. The summed E-state index contributed by atoms with van der Waals surface area (Å²) in [7, 11) is 0. The highest BCUT2D eigenvalue weighted by atomic mass is 79.9. The minimum Gasteiger partial charge on any atom is -0.478 e. The van der Waals surface area contributed by atoms with Crippen molar-refractivity contribution in [3.8, 4) is 11.3 Å². The summed E-state index contributed by atoms with van der Waals surface area (Å²) < 4.78 is 9.30. The number of aryl methyl sites for hydroxylation is 1. The molecule has 0 fully saturated rings. The van der Waals surface area contributed by atoms with Crippen LogP contribution in [0.4, 0.5) is 0 Å². The van der Waals surface area contributed by atoms with E-state index in [4.69, 9.17) is 21.0 Å². The Bertz CT molecular complexity index is 2090. The molecule has 1 aliphatic carbocycles. The van der Waals surface area contributed by atoms with E-state index in [9.17, 15) is 14.7 Å². The summed E-state index contributed by atoms with van der Waals surface area (Å²) in [5.41, 5.74) is 5.94. The number of carboxylic acid groups (broad SMARTS) is 1. The average molecular weight is 644 g/mol. The number of allylic oxidation sites excluding steroid dienone is 1. The van der Waals surface area contributed by atoms with Crippen molar-refractivity contribution in [2.45, 2.75) is 18.9 Å². The van der Waals surface area contributed by atoms with Gasteiger partial charge in [-0.15, -0.1) is 0 Å². The average Bonchev–Trinajstić information content (AvgIpc) is 3.57. The first-order valence-corrected chi connectivity index (χ1v) is 14.9. The van der Waals surface area contributed by atoms with E-state index < -0.39 is 5.97 Å². The highest BCUT2D eigenvalue weighted by Gasteiger charge is 2.32. The zero-order valence-corrected chi connectivity index (χ0v) is 24.5. The fourth-order valence-electron chi connectivity index (χ4n) is 5.52. The lowest BCUT2D eigenvalue weighted by Crippen LogP contribution is -2.38. The summed E-state index contributed by atoms with van der Waals surface area (Å²) in [6.45, 7) is 0. The number of hydrogen-bond donors (Lipinski definition) is 1. The van der Waals surface area contributed by atoms with Crippen molar-refractivity contribution in [3.05, 3.63) is 142 Å². The highest BCUT2D eigenvalue weighted by molar-refractivity contribution is 9.10. The zero-order valence-electron chi connectivity index (χ0n) is 21.3. The van der Waals surface area contributed by atoms with Crippen LogP contribution >= 0.6 is 38.9 Å². The van der Waals surface area contributed by atoms with Gasteiger partial charge in [0.05, 0.1) is 26.9 Å². The molecule has 0 saturated carbocycles. The van der Waals surface area contributed by atoms with E-state index in [1.54, 1.807) is 28.8 Å². The van der Waals surface area contributed by atoms with Crippen LogP contribution in [0.2, 0.25) is 5.02 Å². The number of carbonyl (C=O) groups is 1. The van der Waals surface area contributed by atoms with Crippen LogP contribution in [0.1, 0.15) is 45.3 Å². The predicted octanol–water partition coefficient (Wildman–Crippen LogP) is 6.69. The summed E-state index contributed by atoms with van der Waals surface area (Å²) in [6.07, 6.45) is 3.43. The molecular formula is C32H20BrClN2O4S. The molecule has 0 unspecified atom stereocenters. The van der Waals surface area contributed by atoms with Gasteiger partial charge < -0.3 is 9.52 Å². The van der Waals surface area contributed by atoms with Gasteiger partial charge >= 0.3 is 5.97 Å². The lowest BCUT2D eigenvalue weighted by molar-refractivity contribution is 0.0697. The fourth-order valence-corrected chi connectivity index (χ4v) is 6.97. The van der Waals surface area contributed by atoms with Gasteiger partial charge in [-0.25, -0.2) is 9.79 Å². The Labute approximate surface area is 251 Å². The van der Waals surface area contributed by atoms with E-state index in [-0.39, 0.29) is 22.2 Å². The number of furan rings is 1. The summed E-state index contributed by atoms with van der Waals surface area (Å²) in [5, 5.41) is 9.58. The maximum Gasteiger partial charge on any atom is 0.337 e. The number of hydrogen-bond acceptors (Lipinski definition) is 5. The third kappa shape index (κ3) is 4.52. The van der Waals surface area contributed by atoms with Gasteiger partial charge in [-0.2, -0.15) is 0 Å². The second kappa shape index (κ2) is 10.1. The standard InChI is InChI=1S/C32H20BrClN2O4S/c33-20-9-5-18(6-10-20)29-23-12-7-17-3-1-2-4-22(17)28(23)35-32-36(29)30(37)27(41-32)16-21-11-14-26(40-21)19-8-13-25(34)24(15-19)31(38)39/h1-6,8-11,13-16,29H,7,12H2,(H,38,39)/b27-16-/t29-/m0/s1. The van der Waals surface area contributed by atoms with Gasteiger partial charge in [0.15, 0.2) is 4.80 Å². The van der Waals surface area contributed by atoms with E-state index >= 15 is 0 Å². The van der Waals surface area contributed by atoms with E-state index in [2.05, 4.69) is 46.3 Å². The molecule has 1 atom stereocenters. The van der Waals surface area contributed by atoms with Gasteiger partial charge in [-0.05, 0) is 72.0 Å². The van der Waals surface area contributed by atoms with Crippen LogP contribution in [-0.4, -0.2) is 15.6 Å². The van der Waals surface area contributed by atoms with Crippen LogP contribution in [0, 0.1) is 0 Å². The number of thiazole rings is 1. The van der Waals surface area contributed by atoms with Crippen LogP contribution < -0.4 is 14.9 Å². The number of carboxylic acids is 1. The molecule has 41 heavy (non-hydrogen) atoms. The molecule has 2 aliphatic rings. The molecule has 3 aromatic carbocycles. The van der Waals surface area contributed by atoms with Crippen molar-refractivity contribution in [2.24, 2.45) is 4.99 Å². The van der Waals surface area contributed by atoms with Gasteiger partial charge in [0.25, 0.3) is 5.56 Å². The van der Waals surface area contributed by atoms with Gasteiger partial charge in [-0.3, -0.25) is 9.36 Å². The number of benzene rings is 3. The highest BCUT2D eigenvalue weighted by Crippen LogP contribution is 2.41. The molecule has 0 radical (unpaired) electrons. The molecule has 9 heteroatoms. The van der Waals surface area contributed by atoms with Crippen LogP contribution in [0.3, 0.4) is 0 Å². The van der Waals surface area contributed by atoms with E-state index in [1.807, 2.05) is 18.2 Å². The lowest BCUT2D eigenvalue weighted by atomic mass is 9.83. The molecule has 5 aromatic rings. The first kappa shape index (κ1) is 26.0. The Morgan fingerprint density at radius 2 is 1.88 bits per heavy atom. The Morgan fingerprint density at radius 1 is 1.07 bits per heavy atom. The maximum atomic E-state index is 14.0. The maximum absolute atomic E-state index is 14.0. The van der Waals surface area contributed by atoms with Crippen molar-refractivity contribution in [2.75, 3.05) is 0 Å². The summed E-state index contributed by atoms with van der Waals surface area (Å²) in [6, 6.07) is 24.4. The van der Waals surface area contributed by atoms with E-state index in [0.29, 0.717) is 26.4 Å². The zero-order chi connectivity index (χ0) is 28.2. The molecule has 1 N–H and O–H groups in total. The molecule has 0 amide bonds. The minimum absolute atomic E-state index is 0.00564. The van der Waals surface area contributed by atoms with Gasteiger partial charge in [0, 0.05) is 21.7 Å². The lowest BCUT2D eigenvalue weighted by Gasteiger charge is -2.30. The molecule has 1 aliphatic heterocycles. The van der Waals surface area contributed by atoms with Crippen LogP contribution in [-0.2, 0) is 6.42 Å². The van der Waals surface area contributed by atoms with Crippen LogP contribution in [0.5, 0.6) is 0 Å². The molecule has 0 bridgehead atoms. The molecular weight excluding hydrogens is 624 g/mol. The summed E-state index contributed by atoms with van der Waals surface area (Å²) in [5.74, 6) is -0.162. The Balaban J connectivity index is 1.37. The largest absolute Gasteiger partial charge is 0.478 e. The van der Waals surface area contributed by atoms with Gasteiger partial charge in [-0.1, -0.05) is 75.3 Å². The smallest absolute Gasteiger partial charge is 0.337 e. The molecule has 202 valence electrons. The normalized spacial score (nSPS) is 16.1. The number of nitrogens with zero attached hydrogens (tertiary/aromatic N) is 2. The number of aromatic nitrogens is 1. The number of rotatable bonds is 4. The second-order valence-electron chi connectivity index (χ2n) is 9.87. The first-order chi connectivity index (χ1) is 19.9. The Morgan fingerprint density at radius 3 is 2.68 bits per heavy atom. The van der Waals surface area contributed by atoms with Crippen molar-refractivity contribution >= 4 is 56.6 Å². The van der Waals surface area contributed by atoms with Gasteiger partial charge in [0.1, 0.15) is 11.5 Å². The third-order valence-corrected chi connectivity index (χ3v) is 9.28. The molecule has 7 rings (SSSR count). The van der Waals surface area contributed by atoms with E-state index in [1.165, 1.54) is 29.0 Å². The number of halogens is 2. The Kier molecular flexibility index (Phi) is 6.42. The molecule has 6 nitrogen and oxygen atoms in total. The minimum atomic E-state index is -1.12. The Hall–Kier alpha value is -3.98. The van der Waals surface area contributed by atoms with Crippen molar-refractivity contribution in [1.82, 2.24) is 4.57 Å². The summed E-state index contributed by atoms with van der Waals surface area (Å²) >= 11 is 10.9. The fraction of sp³-hybridized carbons (Fsp3) is 0.0938. The van der Waals surface area contributed by atoms with Gasteiger partial charge in [0.2, 0.25) is 0 Å². The van der Waals surface area contributed by atoms with Crippen LogP contribution in [0.25, 0.3) is 23.1 Å². The predicted molar refractivity (Wildman–Crippen MR) is 163 cm³/mol. The van der Waals surface area contributed by atoms with Crippen molar-refractivity contribution in [1.29, 1.82) is 0 Å². The molecule has 0 spiro atoms. The monoisotopic (exact) mass is 642 g/mol. The molecule has 3 heterocycles. The van der Waals surface area contributed by atoms with Crippen molar-refractivity contribution in [3.63, 3.8) is 0 Å².